The molecule has 7 nitrogen and oxygen atoms in total. The van der Waals surface area contributed by atoms with Crippen molar-refractivity contribution in [2.24, 2.45) is 0 Å². The lowest BCUT2D eigenvalue weighted by molar-refractivity contribution is -0.137. The molecular weight excluding hydrogens is 493 g/mol. The highest BCUT2D eigenvalue weighted by molar-refractivity contribution is 7.22. The molecule has 0 amide bonds. The van der Waals surface area contributed by atoms with Crippen molar-refractivity contribution in [2.45, 2.75) is 31.7 Å². The molecule has 0 aliphatic carbocycles. The minimum atomic E-state index is -4.98. The number of aromatic nitrogens is 3. The number of halogens is 5. The molecule has 0 unspecified atom stereocenters. The first kappa shape index (κ1) is 23.4. The molecule has 3 N–H and O–H groups in total. The molecule has 184 valence electrons. The summed E-state index contributed by atoms with van der Waals surface area (Å²) in [5.41, 5.74) is 2.65. The molecule has 0 bridgehead atoms. The number of anilines is 1. The predicted octanol–water partition coefficient (Wildman–Crippen LogP) is 4.92. The zero-order chi connectivity index (χ0) is 25.1. The van der Waals surface area contributed by atoms with E-state index in [0.717, 1.165) is 29.5 Å². The summed E-state index contributed by atoms with van der Waals surface area (Å²) in [6.45, 7) is 2.51. The van der Waals surface area contributed by atoms with Gasteiger partial charge in [-0.2, -0.15) is 23.1 Å². The van der Waals surface area contributed by atoms with Gasteiger partial charge in [-0.25, -0.2) is 13.8 Å². The average Bonchev–Trinajstić information content (AvgIpc) is 3.39. The molecule has 1 saturated heterocycles. The minimum Gasteiger partial charge on any atom is -0.472 e. The lowest BCUT2D eigenvalue weighted by Gasteiger charge is -2.20. The molecule has 1 aliphatic rings. The zero-order valence-corrected chi connectivity index (χ0v) is 19.2. The Bertz CT molecular complexity index is 1460. The van der Waals surface area contributed by atoms with Crippen molar-refractivity contribution in [3.63, 3.8) is 0 Å². The van der Waals surface area contributed by atoms with Gasteiger partial charge in [0.2, 0.25) is 5.88 Å². The first-order valence-corrected chi connectivity index (χ1v) is 11.3. The number of thiazole rings is 1. The number of nitrogens with one attached hydrogen (secondary N) is 1. The first-order chi connectivity index (χ1) is 16.6. The first-order valence-electron chi connectivity index (χ1n) is 10.5. The van der Waals surface area contributed by atoms with E-state index in [4.69, 9.17) is 15.2 Å². The molecule has 13 heteroatoms. The van der Waals surface area contributed by atoms with Crippen LogP contribution < -0.4 is 20.5 Å². The summed E-state index contributed by atoms with van der Waals surface area (Å²) in [7, 11) is 1.25. The van der Waals surface area contributed by atoms with E-state index < -0.39 is 40.6 Å². The highest BCUT2D eigenvalue weighted by atomic mass is 32.1. The second-order valence-electron chi connectivity index (χ2n) is 8.04. The number of hydrogen-bond acceptors (Lipinski definition) is 8. The van der Waals surface area contributed by atoms with Crippen molar-refractivity contribution in [1.82, 2.24) is 20.3 Å². The average molecular weight is 511 g/mol. The van der Waals surface area contributed by atoms with Crippen LogP contribution in [-0.2, 0) is 6.18 Å². The molecule has 0 saturated carbocycles. The lowest BCUT2D eigenvalue weighted by Crippen LogP contribution is -2.31. The smallest absolute Gasteiger partial charge is 0.417 e. The second kappa shape index (κ2) is 8.41. The van der Waals surface area contributed by atoms with E-state index in [-0.39, 0.29) is 44.2 Å². The van der Waals surface area contributed by atoms with Gasteiger partial charge >= 0.3 is 12.2 Å². The Labute approximate surface area is 199 Å². The zero-order valence-electron chi connectivity index (χ0n) is 18.3. The quantitative estimate of drug-likeness (QED) is 0.376. The number of ether oxygens (including phenoxy) is 2. The number of nitrogens with zero attached hydrogens (tertiary/aromatic N) is 3. The van der Waals surface area contributed by atoms with Crippen molar-refractivity contribution in [2.75, 3.05) is 19.4 Å². The number of benzene rings is 2. The molecule has 0 radical (unpaired) electrons. The molecule has 4 aromatic rings. The Morgan fingerprint density at radius 2 is 1.91 bits per heavy atom. The van der Waals surface area contributed by atoms with E-state index in [0.29, 0.717) is 13.0 Å². The fraction of sp³-hybridized carbons (Fsp3) is 0.318. The van der Waals surface area contributed by atoms with Gasteiger partial charge in [-0.3, -0.25) is 0 Å². The normalized spacial score (nSPS) is 18.5. The molecule has 2 aromatic heterocycles. The number of rotatable bonds is 4. The predicted molar refractivity (Wildman–Crippen MR) is 121 cm³/mol. The molecule has 3 heterocycles. The molecule has 5 rings (SSSR count). The van der Waals surface area contributed by atoms with Crippen LogP contribution in [0.3, 0.4) is 0 Å². The van der Waals surface area contributed by atoms with Gasteiger partial charge in [0.15, 0.2) is 10.9 Å². The Balaban J connectivity index is 1.83. The number of nitrogens with two attached hydrogens (primary N) is 1. The maximum Gasteiger partial charge on any atom is 0.417 e. The maximum absolute atomic E-state index is 16.0. The number of methoxy groups -OCH3 is 1. The molecule has 2 aromatic carbocycles. The molecule has 1 aliphatic heterocycles. The second-order valence-corrected chi connectivity index (χ2v) is 9.07. The summed E-state index contributed by atoms with van der Waals surface area (Å²) in [6.07, 6.45) is -4.79. The fourth-order valence-electron chi connectivity index (χ4n) is 4.18. The number of hydrogen-bond donors (Lipinski definition) is 2. The molecular formula is C22H18F5N5O2S. The van der Waals surface area contributed by atoms with E-state index in [9.17, 15) is 17.6 Å². The monoisotopic (exact) mass is 511 g/mol. The minimum absolute atomic E-state index is 0.0694. The van der Waals surface area contributed by atoms with E-state index >= 15 is 4.39 Å². The van der Waals surface area contributed by atoms with E-state index in [2.05, 4.69) is 20.3 Å². The van der Waals surface area contributed by atoms with Crippen LogP contribution in [0, 0.1) is 11.6 Å². The molecule has 0 spiro atoms. The van der Waals surface area contributed by atoms with Crippen LogP contribution in [0.2, 0.25) is 0 Å². The highest BCUT2D eigenvalue weighted by Crippen LogP contribution is 2.46. The van der Waals surface area contributed by atoms with Crippen LogP contribution in [0.4, 0.5) is 27.1 Å². The van der Waals surface area contributed by atoms with Crippen LogP contribution in [0.15, 0.2) is 18.2 Å². The summed E-state index contributed by atoms with van der Waals surface area (Å²) >= 11 is 0.753. The third-order valence-electron chi connectivity index (χ3n) is 5.86. The standard InChI is InChI=1S/C22H18F5N5O2S/c1-8-13(5-6-29-8)34-19-10-7-11(22(25,26)27)14(15(24)16(10)31-21(32-19)33-2)9-3-4-12(23)18-17(9)30-20(28)35-18/h3-4,7-8,13,29H,5-6H2,1-2H3,(H2,28,30)/t8-,13-/m1/s1. The topological polar surface area (TPSA) is 95.2 Å². The van der Waals surface area contributed by atoms with E-state index in [1.807, 2.05) is 6.92 Å². The maximum atomic E-state index is 16.0. The van der Waals surface area contributed by atoms with Crippen LogP contribution >= 0.6 is 11.3 Å². The summed E-state index contributed by atoms with van der Waals surface area (Å²) < 4.78 is 84.0. The van der Waals surface area contributed by atoms with Gasteiger partial charge in [-0.1, -0.05) is 11.3 Å². The van der Waals surface area contributed by atoms with Crippen molar-refractivity contribution in [1.29, 1.82) is 0 Å². The Kier molecular flexibility index (Phi) is 5.63. The lowest BCUT2D eigenvalue weighted by atomic mass is 9.95. The van der Waals surface area contributed by atoms with Gasteiger partial charge < -0.3 is 20.5 Å². The van der Waals surface area contributed by atoms with Crippen LogP contribution in [-0.4, -0.2) is 40.8 Å². The third kappa shape index (κ3) is 3.97. The van der Waals surface area contributed by atoms with Crippen LogP contribution in [0.1, 0.15) is 18.9 Å². The van der Waals surface area contributed by atoms with Gasteiger partial charge in [0.05, 0.1) is 28.3 Å². The van der Waals surface area contributed by atoms with E-state index in [1.165, 1.54) is 7.11 Å². The summed E-state index contributed by atoms with van der Waals surface area (Å²) in [6, 6.07) is 2.35. The van der Waals surface area contributed by atoms with Gasteiger partial charge in [0, 0.05) is 17.2 Å². The highest BCUT2D eigenvalue weighted by Gasteiger charge is 2.38. The molecule has 35 heavy (non-hydrogen) atoms. The van der Waals surface area contributed by atoms with Crippen LogP contribution in [0.5, 0.6) is 11.9 Å². The van der Waals surface area contributed by atoms with Gasteiger partial charge in [-0.05, 0) is 38.1 Å². The number of alkyl halides is 3. The fourth-order valence-corrected chi connectivity index (χ4v) is 4.94. The van der Waals surface area contributed by atoms with Crippen molar-refractivity contribution in [3.8, 4) is 23.0 Å². The van der Waals surface area contributed by atoms with Gasteiger partial charge in [0.1, 0.15) is 17.4 Å². The Hall–Kier alpha value is -3.32. The number of fused-ring (bicyclic) bond motifs is 2. The SMILES string of the molecule is COc1nc(O[C@@H]2CCN[C@@H]2C)c2cc(C(F)(F)F)c(-c3ccc(F)c4sc(N)nc34)c(F)c2n1. The third-order valence-corrected chi connectivity index (χ3v) is 6.75. The Morgan fingerprint density at radius 3 is 2.57 bits per heavy atom. The Morgan fingerprint density at radius 1 is 1.14 bits per heavy atom. The molecule has 1 fully saturated rings. The van der Waals surface area contributed by atoms with Crippen molar-refractivity contribution in [3.05, 3.63) is 35.4 Å². The van der Waals surface area contributed by atoms with Gasteiger partial charge in [0.25, 0.3) is 0 Å². The van der Waals surface area contributed by atoms with Crippen molar-refractivity contribution >= 4 is 37.6 Å². The summed E-state index contributed by atoms with van der Waals surface area (Å²) in [5.74, 6) is -2.25. The largest absolute Gasteiger partial charge is 0.472 e. The van der Waals surface area contributed by atoms with Crippen molar-refractivity contribution < 1.29 is 31.4 Å². The molecule has 2 atom stereocenters. The summed E-state index contributed by atoms with van der Waals surface area (Å²) in [5, 5.41) is 2.83. The number of nitrogen functional groups attached to an aromatic ring is 1. The van der Waals surface area contributed by atoms with Crippen LogP contribution in [0.25, 0.3) is 32.2 Å². The van der Waals surface area contributed by atoms with E-state index in [1.54, 1.807) is 0 Å². The summed E-state index contributed by atoms with van der Waals surface area (Å²) in [4.78, 5) is 12.0. The van der Waals surface area contributed by atoms with Gasteiger partial charge in [-0.15, -0.1) is 0 Å².